The fourth-order valence-electron chi connectivity index (χ4n) is 2.93. The van der Waals surface area contributed by atoms with E-state index in [0.29, 0.717) is 5.41 Å². The molecule has 1 aliphatic rings. The molecule has 0 radical (unpaired) electrons. The number of hydrogen-bond donors (Lipinski definition) is 1. The Kier molecular flexibility index (Phi) is 6.50. The van der Waals surface area contributed by atoms with Gasteiger partial charge in [0.25, 0.3) is 0 Å². The highest BCUT2D eigenvalue weighted by atomic mass is 15.1. The molecule has 0 amide bonds. The lowest BCUT2D eigenvalue weighted by molar-refractivity contribution is 0.0999. The maximum Gasteiger partial charge on any atom is 0.00388 e. The van der Waals surface area contributed by atoms with E-state index >= 15 is 0 Å². The van der Waals surface area contributed by atoms with Crippen LogP contribution in [0.2, 0.25) is 0 Å². The van der Waals surface area contributed by atoms with Crippen LogP contribution >= 0.6 is 0 Å². The highest BCUT2D eigenvalue weighted by Gasteiger charge is 2.31. The van der Waals surface area contributed by atoms with Gasteiger partial charge in [0.15, 0.2) is 0 Å². The number of hydrogen-bond acceptors (Lipinski definition) is 2. The Bertz CT molecular complexity index is 197. The average molecular weight is 240 g/mol. The van der Waals surface area contributed by atoms with Crippen molar-refractivity contribution in [2.45, 2.75) is 53.4 Å². The van der Waals surface area contributed by atoms with Crippen molar-refractivity contribution in [2.24, 2.45) is 11.3 Å². The van der Waals surface area contributed by atoms with Crippen LogP contribution < -0.4 is 5.32 Å². The smallest absolute Gasteiger partial charge is 0.00388 e. The van der Waals surface area contributed by atoms with Crippen molar-refractivity contribution in [1.82, 2.24) is 10.2 Å². The minimum absolute atomic E-state index is 0.592. The maximum atomic E-state index is 3.50. The highest BCUT2D eigenvalue weighted by Crippen LogP contribution is 2.33. The van der Waals surface area contributed by atoms with Crippen molar-refractivity contribution < 1.29 is 0 Å². The zero-order valence-electron chi connectivity index (χ0n) is 12.4. The summed E-state index contributed by atoms with van der Waals surface area (Å²) in [5.41, 5.74) is 0.592. The third-order valence-electron chi connectivity index (χ3n) is 4.69. The molecule has 1 aliphatic heterocycles. The van der Waals surface area contributed by atoms with Gasteiger partial charge in [-0.05, 0) is 50.2 Å². The van der Waals surface area contributed by atoms with Gasteiger partial charge in [0, 0.05) is 13.1 Å². The van der Waals surface area contributed by atoms with E-state index in [2.05, 4.69) is 37.9 Å². The van der Waals surface area contributed by atoms with Gasteiger partial charge < -0.3 is 10.2 Å². The van der Waals surface area contributed by atoms with Gasteiger partial charge >= 0.3 is 0 Å². The molecule has 1 saturated heterocycles. The van der Waals surface area contributed by atoms with Crippen molar-refractivity contribution >= 4 is 0 Å². The number of nitrogens with one attached hydrogen (secondary N) is 1. The molecule has 0 aromatic heterocycles. The molecule has 1 atom stereocenters. The molecular formula is C15H32N2. The summed E-state index contributed by atoms with van der Waals surface area (Å²) in [5.74, 6) is 0.838. The van der Waals surface area contributed by atoms with Gasteiger partial charge in [0.1, 0.15) is 0 Å². The zero-order valence-corrected chi connectivity index (χ0v) is 12.4. The van der Waals surface area contributed by atoms with Gasteiger partial charge in [0.2, 0.25) is 0 Å². The molecule has 1 fully saturated rings. The van der Waals surface area contributed by atoms with Crippen LogP contribution in [0.5, 0.6) is 0 Å². The van der Waals surface area contributed by atoms with Gasteiger partial charge in [-0.25, -0.2) is 0 Å². The Labute approximate surface area is 108 Å². The van der Waals surface area contributed by atoms with Gasteiger partial charge in [-0.15, -0.1) is 0 Å². The molecular weight excluding hydrogens is 208 g/mol. The second-order valence-corrected chi connectivity index (χ2v) is 5.94. The zero-order chi connectivity index (χ0) is 12.7. The minimum Gasteiger partial charge on any atom is -0.317 e. The van der Waals surface area contributed by atoms with E-state index in [-0.39, 0.29) is 0 Å². The topological polar surface area (TPSA) is 15.3 Å². The Hall–Kier alpha value is -0.0800. The van der Waals surface area contributed by atoms with Crippen LogP contribution in [0, 0.1) is 11.3 Å². The molecule has 0 saturated carbocycles. The summed E-state index contributed by atoms with van der Waals surface area (Å²) in [4.78, 5) is 2.68. The summed E-state index contributed by atoms with van der Waals surface area (Å²) in [6.45, 7) is 15.6. The fourth-order valence-corrected chi connectivity index (χ4v) is 2.93. The quantitative estimate of drug-likeness (QED) is 0.735. The van der Waals surface area contributed by atoms with Gasteiger partial charge in [-0.2, -0.15) is 0 Å². The molecule has 0 spiro atoms. The predicted octanol–water partition coefficient (Wildman–Crippen LogP) is 3.13. The van der Waals surface area contributed by atoms with Crippen LogP contribution in [0.25, 0.3) is 0 Å². The van der Waals surface area contributed by atoms with E-state index in [1.165, 1.54) is 58.4 Å². The highest BCUT2D eigenvalue weighted by molar-refractivity contribution is 4.86. The summed E-state index contributed by atoms with van der Waals surface area (Å²) in [6, 6.07) is 0. The third-order valence-corrected chi connectivity index (χ3v) is 4.69. The van der Waals surface area contributed by atoms with E-state index in [0.717, 1.165) is 5.92 Å². The van der Waals surface area contributed by atoms with Gasteiger partial charge in [-0.1, -0.05) is 34.1 Å². The lowest BCUT2D eigenvalue weighted by Crippen LogP contribution is -2.45. The van der Waals surface area contributed by atoms with Crippen LogP contribution in [-0.4, -0.2) is 37.6 Å². The molecule has 2 heteroatoms. The SMILES string of the molecule is CCC(C)CN(CC)CC1(CC)CCNCC1. The lowest BCUT2D eigenvalue weighted by atomic mass is 9.76. The van der Waals surface area contributed by atoms with E-state index < -0.39 is 0 Å². The molecule has 0 aromatic rings. The van der Waals surface area contributed by atoms with Crippen LogP contribution in [0.3, 0.4) is 0 Å². The summed E-state index contributed by atoms with van der Waals surface area (Å²) in [6.07, 6.45) is 5.36. The number of piperidine rings is 1. The number of nitrogens with zero attached hydrogens (tertiary/aromatic N) is 1. The normalized spacial score (nSPS) is 21.7. The molecule has 1 N–H and O–H groups in total. The first-order valence-corrected chi connectivity index (χ1v) is 7.59. The molecule has 102 valence electrons. The van der Waals surface area contributed by atoms with Crippen molar-refractivity contribution in [3.05, 3.63) is 0 Å². The molecule has 1 unspecified atom stereocenters. The van der Waals surface area contributed by atoms with E-state index in [9.17, 15) is 0 Å². The summed E-state index contributed by atoms with van der Waals surface area (Å²) in [5, 5.41) is 3.50. The lowest BCUT2D eigenvalue weighted by Gasteiger charge is -2.41. The van der Waals surface area contributed by atoms with Crippen LogP contribution in [0.1, 0.15) is 53.4 Å². The van der Waals surface area contributed by atoms with Gasteiger partial charge in [-0.3, -0.25) is 0 Å². The molecule has 2 nitrogen and oxygen atoms in total. The van der Waals surface area contributed by atoms with E-state index in [1.54, 1.807) is 0 Å². The summed E-state index contributed by atoms with van der Waals surface area (Å²) >= 11 is 0. The first kappa shape index (κ1) is 15.0. The standard InChI is InChI=1S/C15H32N2/c1-5-14(4)12-17(7-3)13-15(6-2)8-10-16-11-9-15/h14,16H,5-13H2,1-4H3. The second-order valence-electron chi connectivity index (χ2n) is 5.94. The summed E-state index contributed by atoms with van der Waals surface area (Å²) in [7, 11) is 0. The van der Waals surface area contributed by atoms with Crippen molar-refractivity contribution in [3.63, 3.8) is 0 Å². The Morgan fingerprint density at radius 3 is 2.29 bits per heavy atom. The Morgan fingerprint density at radius 1 is 1.18 bits per heavy atom. The minimum atomic E-state index is 0.592. The van der Waals surface area contributed by atoms with Crippen LogP contribution in [-0.2, 0) is 0 Å². The fraction of sp³-hybridized carbons (Fsp3) is 1.00. The first-order valence-electron chi connectivity index (χ1n) is 7.59. The Morgan fingerprint density at radius 2 is 1.82 bits per heavy atom. The van der Waals surface area contributed by atoms with Gasteiger partial charge in [0.05, 0.1) is 0 Å². The monoisotopic (exact) mass is 240 g/mol. The molecule has 1 heterocycles. The van der Waals surface area contributed by atoms with Crippen LogP contribution in [0.15, 0.2) is 0 Å². The molecule has 0 aromatic carbocycles. The van der Waals surface area contributed by atoms with Crippen LogP contribution in [0.4, 0.5) is 0 Å². The largest absolute Gasteiger partial charge is 0.317 e. The number of rotatable bonds is 7. The molecule has 1 rings (SSSR count). The first-order chi connectivity index (χ1) is 8.15. The maximum absolute atomic E-state index is 3.50. The average Bonchev–Trinajstić information content (AvgIpc) is 2.38. The van der Waals surface area contributed by atoms with Crippen molar-refractivity contribution in [3.8, 4) is 0 Å². The third kappa shape index (κ3) is 4.59. The van der Waals surface area contributed by atoms with Crippen molar-refractivity contribution in [1.29, 1.82) is 0 Å². The van der Waals surface area contributed by atoms with E-state index in [1.807, 2.05) is 0 Å². The van der Waals surface area contributed by atoms with Crippen molar-refractivity contribution in [2.75, 3.05) is 32.7 Å². The molecule has 0 bridgehead atoms. The summed E-state index contributed by atoms with van der Waals surface area (Å²) < 4.78 is 0. The van der Waals surface area contributed by atoms with E-state index in [4.69, 9.17) is 0 Å². The molecule has 17 heavy (non-hydrogen) atoms. The predicted molar refractivity (Wildman–Crippen MR) is 76.4 cm³/mol. The second kappa shape index (κ2) is 7.38. The molecule has 0 aliphatic carbocycles. The Balaban J connectivity index is 2.51.